The van der Waals surface area contributed by atoms with Crippen LogP contribution in [0.2, 0.25) is 0 Å². The van der Waals surface area contributed by atoms with Crippen molar-refractivity contribution in [3.05, 3.63) is 29.8 Å². The van der Waals surface area contributed by atoms with Crippen LogP contribution in [0.5, 0.6) is 5.75 Å². The standard InChI is InChI=1S/C16H24N2O3/c1-20-8-7-17-10-14-3-2-4-15(9-14)21-12-16(19)18-11-13-5-6-13/h2-4,9,13,17H,5-8,10-12H2,1H3,(H,18,19). The number of carbonyl (C=O) groups is 1. The lowest BCUT2D eigenvalue weighted by Crippen LogP contribution is -2.30. The quantitative estimate of drug-likeness (QED) is 0.639. The molecule has 21 heavy (non-hydrogen) atoms. The molecule has 0 aliphatic heterocycles. The first-order chi connectivity index (χ1) is 10.3. The summed E-state index contributed by atoms with van der Waals surface area (Å²) in [6, 6.07) is 7.78. The molecule has 0 heterocycles. The van der Waals surface area contributed by atoms with Crippen molar-refractivity contribution in [3.63, 3.8) is 0 Å². The molecule has 1 saturated carbocycles. The van der Waals surface area contributed by atoms with E-state index in [4.69, 9.17) is 9.47 Å². The molecule has 1 aliphatic rings. The first-order valence-electron chi connectivity index (χ1n) is 7.46. The highest BCUT2D eigenvalue weighted by Crippen LogP contribution is 2.27. The topological polar surface area (TPSA) is 59.6 Å². The number of rotatable bonds is 10. The summed E-state index contributed by atoms with van der Waals surface area (Å²) in [5.41, 5.74) is 1.13. The lowest BCUT2D eigenvalue weighted by atomic mass is 10.2. The Bertz CT molecular complexity index is 447. The van der Waals surface area contributed by atoms with Gasteiger partial charge in [0, 0.05) is 26.7 Å². The van der Waals surface area contributed by atoms with Crippen molar-refractivity contribution in [3.8, 4) is 5.75 Å². The molecular weight excluding hydrogens is 268 g/mol. The van der Waals surface area contributed by atoms with Gasteiger partial charge in [-0.25, -0.2) is 0 Å². The van der Waals surface area contributed by atoms with Crippen LogP contribution in [0.3, 0.4) is 0 Å². The van der Waals surface area contributed by atoms with E-state index in [2.05, 4.69) is 10.6 Å². The van der Waals surface area contributed by atoms with Gasteiger partial charge in [0.25, 0.3) is 5.91 Å². The van der Waals surface area contributed by atoms with Crippen molar-refractivity contribution in [1.82, 2.24) is 10.6 Å². The smallest absolute Gasteiger partial charge is 0.257 e. The molecule has 2 N–H and O–H groups in total. The average molecular weight is 292 g/mol. The fourth-order valence-electron chi connectivity index (χ4n) is 1.93. The summed E-state index contributed by atoms with van der Waals surface area (Å²) >= 11 is 0. The van der Waals surface area contributed by atoms with Gasteiger partial charge in [0.15, 0.2) is 6.61 Å². The highest BCUT2D eigenvalue weighted by Gasteiger charge is 2.21. The molecule has 0 atom stereocenters. The molecule has 0 spiro atoms. The molecule has 1 aromatic carbocycles. The van der Waals surface area contributed by atoms with E-state index in [1.807, 2.05) is 24.3 Å². The van der Waals surface area contributed by atoms with E-state index in [1.165, 1.54) is 12.8 Å². The maximum Gasteiger partial charge on any atom is 0.257 e. The van der Waals surface area contributed by atoms with E-state index in [0.717, 1.165) is 30.9 Å². The van der Waals surface area contributed by atoms with Crippen molar-refractivity contribution in [2.45, 2.75) is 19.4 Å². The molecule has 116 valence electrons. The summed E-state index contributed by atoms with van der Waals surface area (Å²) in [5, 5.41) is 6.16. The van der Waals surface area contributed by atoms with Gasteiger partial charge in [-0.05, 0) is 36.5 Å². The highest BCUT2D eigenvalue weighted by molar-refractivity contribution is 5.77. The van der Waals surface area contributed by atoms with Crippen LogP contribution in [0.4, 0.5) is 0 Å². The monoisotopic (exact) mass is 292 g/mol. The molecule has 1 aromatic rings. The van der Waals surface area contributed by atoms with E-state index in [1.54, 1.807) is 7.11 Å². The lowest BCUT2D eigenvalue weighted by Gasteiger charge is -2.09. The molecule has 5 nitrogen and oxygen atoms in total. The zero-order valence-corrected chi connectivity index (χ0v) is 12.6. The molecule has 2 rings (SSSR count). The molecule has 0 radical (unpaired) electrons. The van der Waals surface area contributed by atoms with Crippen LogP contribution in [0.15, 0.2) is 24.3 Å². The molecular formula is C16H24N2O3. The van der Waals surface area contributed by atoms with Gasteiger partial charge >= 0.3 is 0 Å². The van der Waals surface area contributed by atoms with Gasteiger partial charge < -0.3 is 20.1 Å². The minimum absolute atomic E-state index is 0.0504. The Balaban J connectivity index is 1.68. The van der Waals surface area contributed by atoms with Crippen molar-refractivity contribution < 1.29 is 14.3 Å². The van der Waals surface area contributed by atoms with Crippen molar-refractivity contribution in [2.75, 3.05) is 33.4 Å². The minimum Gasteiger partial charge on any atom is -0.484 e. The predicted octanol–water partition coefficient (Wildman–Crippen LogP) is 1.33. The second-order valence-corrected chi connectivity index (χ2v) is 5.35. The molecule has 0 saturated heterocycles. The first-order valence-corrected chi connectivity index (χ1v) is 7.46. The summed E-state index contributed by atoms with van der Waals surface area (Å²) < 4.78 is 10.5. The molecule has 1 amide bonds. The number of hydrogen-bond acceptors (Lipinski definition) is 4. The predicted molar refractivity (Wildman–Crippen MR) is 81.3 cm³/mol. The molecule has 0 aromatic heterocycles. The fourth-order valence-corrected chi connectivity index (χ4v) is 1.93. The number of carbonyl (C=O) groups excluding carboxylic acids is 1. The van der Waals surface area contributed by atoms with Crippen LogP contribution >= 0.6 is 0 Å². The normalized spacial score (nSPS) is 14.0. The van der Waals surface area contributed by atoms with Crippen LogP contribution in [0.1, 0.15) is 18.4 Å². The molecule has 1 aliphatic carbocycles. The molecule has 0 unspecified atom stereocenters. The Hall–Kier alpha value is -1.59. The second kappa shape index (κ2) is 8.64. The van der Waals surface area contributed by atoms with Gasteiger partial charge in [-0.15, -0.1) is 0 Å². The largest absolute Gasteiger partial charge is 0.484 e. The number of nitrogens with one attached hydrogen (secondary N) is 2. The van der Waals surface area contributed by atoms with Gasteiger partial charge in [0.1, 0.15) is 5.75 Å². The zero-order chi connectivity index (χ0) is 14.9. The number of ether oxygens (including phenoxy) is 2. The highest BCUT2D eigenvalue weighted by atomic mass is 16.5. The second-order valence-electron chi connectivity index (χ2n) is 5.35. The van der Waals surface area contributed by atoms with E-state index < -0.39 is 0 Å². The summed E-state index contributed by atoms with van der Waals surface area (Å²) in [7, 11) is 1.68. The third-order valence-corrected chi connectivity index (χ3v) is 3.37. The van der Waals surface area contributed by atoms with Crippen LogP contribution in [0, 0.1) is 5.92 Å². The van der Waals surface area contributed by atoms with E-state index in [-0.39, 0.29) is 12.5 Å². The summed E-state index contributed by atoms with van der Waals surface area (Å²) in [5.74, 6) is 1.36. The Morgan fingerprint density at radius 3 is 3.00 bits per heavy atom. The number of amides is 1. The Labute approximate surface area is 126 Å². The summed E-state index contributed by atoms with van der Waals surface area (Å²) in [6.07, 6.45) is 2.47. The Kier molecular flexibility index (Phi) is 6.50. The third-order valence-electron chi connectivity index (χ3n) is 3.37. The van der Waals surface area contributed by atoms with Crippen molar-refractivity contribution in [1.29, 1.82) is 0 Å². The fraction of sp³-hybridized carbons (Fsp3) is 0.562. The maximum absolute atomic E-state index is 11.6. The summed E-state index contributed by atoms with van der Waals surface area (Å²) in [6.45, 7) is 3.12. The van der Waals surface area contributed by atoms with E-state index in [9.17, 15) is 4.79 Å². The van der Waals surface area contributed by atoms with Crippen molar-refractivity contribution in [2.24, 2.45) is 5.92 Å². The van der Waals surface area contributed by atoms with Crippen LogP contribution < -0.4 is 15.4 Å². The van der Waals surface area contributed by atoms with E-state index in [0.29, 0.717) is 12.5 Å². The van der Waals surface area contributed by atoms with Gasteiger partial charge in [-0.1, -0.05) is 12.1 Å². The minimum atomic E-state index is -0.0504. The van der Waals surface area contributed by atoms with Gasteiger partial charge in [0.05, 0.1) is 6.61 Å². The van der Waals surface area contributed by atoms with Gasteiger partial charge in [-0.2, -0.15) is 0 Å². The zero-order valence-electron chi connectivity index (χ0n) is 12.6. The van der Waals surface area contributed by atoms with E-state index >= 15 is 0 Å². The van der Waals surface area contributed by atoms with Gasteiger partial charge in [0.2, 0.25) is 0 Å². The molecule has 0 bridgehead atoms. The van der Waals surface area contributed by atoms with Gasteiger partial charge in [-0.3, -0.25) is 4.79 Å². The number of benzene rings is 1. The number of hydrogen-bond donors (Lipinski definition) is 2. The Morgan fingerprint density at radius 1 is 1.38 bits per heavy atom. The molecule has 1 fully saturated rings. The van der Waals surface area contributed by atoms with Crippen LogP contribution in [-0.2, 0) is 16.1 Å². The number of methoxy groups -OCH3 is 1. The lowest BCUT2D eigenvalue weighted by molar-refractivity contribution is -0.123. The maximum atomic E-state index is 11.6. The van der Waals surface area contributed by atoms with Crippen LogP contribution in [-0.4, -0.2) is 39.3 Å². The SMILES string of the molecule is COCCNCc1cccc(OCC(=O)NCC2CC2)c1. The molecule has 5 heteroatoms. The van der Waals surface area contributed by atoms with Crippen LogP contribution in [0.25, 0.3) is 0 Å². The average Bonchev–Trinajstić information content (AvgIpc) is 3.32. The summed E-state index contributed by atoms with van der Waals surface area (Å²) in [4.78, 5) is 11.6. The Morgan fingerprint density at radius 2 is 2.24 bits per heavy atom. The first kappa shape index (κ1) is 15.8. The third kappa shape index (κ3) is 6.60. The van der Waals surface area contributed by atoms with Crippen molar-refractivity contribution >= 4 is 5.91 Å².